The fraction of sp³-hybridized carbons (Fsp3) is 0.500. The lowest BCUT2D eigenvalue weighted by atomic mass is 9.92. The lowest BCUT2D eigenvalue weighted by molar-refractivity contribution is -0.167. The molecule has 116 valence electrons. The Kier molecular flexibility index (Phi) is 6.37. The Morgan fingerprint density at radius 3 is 2.05 bits per heavy atom. The molecule has 0 saturated heterocycles. The first-order valence-electron chi connectivity index (χ1n) is 7.00. The minimum absolute atomic E-state index is 0.133. The number of aliphatic hydroxyl groups is 1. The van der Waals surface area contributed by atoms with Crippen molar-refractivity contribution in [1.82, 2.24) is 0 Å². The van der Waals surface area contributed by atoms with Crippen molar-refractivity contribution in [3.8, 4) is 0 Å². The summed E-state index contributed by atoms with van der Waals surface area (Å²) in [5.41, 5.74) is 2.36. The van der Waals surface area contributed by atoms with Crippen LogP contribution in [0.15, 0.2) is 18.2 Å². The van der Waals surface area contributed by atoms with E-state index >= 15 is 0 Å². The maximum Gasteiger partial charge on any atom is 0.323 e. The minimum Gasteiger partial charge on any atom is -0.465 e. The van der Waals surface area contributed by atoms with Crippen LogP contribution in [0.3, 0.4) is 0 Å². The topological polar surface area (TPSA) is 72.8 Å². The van der Waals surface area contributed by atoms with E-state index in [2.05, 4.69) is 0 Å². The summed E-state index contributed by atoms with van der Waals surface area (Å²) in [7, 11) is 0. The Morgan fingerprint density at radius 1 is 1.10 bits per heavy atom. The highest BCUT2D eigenvalue weighted by Crippen LogP contribution is 2.27. The molecule has 0 fully saturated rings. The van der Waals surface area contributed by atoms with Gasteiger partial charge in [0.05, 0.1) is 13.2 Å². The summed E-state index contributed by atoms with van der Waals surface area (Å²) in [6, 6.07) is 5.41. The van der Waals surface area contributed by atoms with Crippen molar-refractivity contribution in [2.45, 2.75) is 33.8 Å². The lowest BCUT2D eigenvalue weighted by Gasteiger charge is -2.21. The maximum absolute atomic E-state index is 12.0. The maximum atomic E-state index is 12.0. The van der Waals surface area contributed by atoms with Gasteiger partial charge in [0.25, 0.3) is 0 Å². The highest BCUT2D eigenvalue weighted by atomic mass is 16.6. The van der Waals surface area contributed by atoms with Crippen LogP contribution >= 0.6 is 0 Å². The van der Waals surface area contributed by atoms with Crippen molar-refractivity contribution in [3.63, 3.8) is 0 Å². The number of aryl methyl sites for hydroxylation is 2. The number of esters is 2. The number of hydrogen-bond donors (Lipinski definition) is 1. The van der Waals surface area contributed by atoms with Crippen LogP contribution in [0, 0.1) is 19.8 Å². The standard InChI is InChI=1S/C16H22O5/c1-5-20-15(18)13(16(19)21-6-2)14(17)12-8-7-10(3)9-11(12)4/h7-9,13-14,17H,5-6H2,1-4H3. The molecule has 5 nitrogen and oxygen atoms in total. The molecule has 0 aliphatic carbocycles. The summed E-state index contributed by atoms with van der Waals surface area (Å²) in [6.07, 6.45) is -1.29. The fourth-order valence-corrected chi connectivity index (χ4v) is 2.16. The Morgan fingerprint density at radius 2 is 1.62 bits per heavy atom. The van der Waals surface area contributed by atoms with Gasteiger partial charge in [0, 0.05) is 0 Å². The molecule has 1 aromatic rings. The number of benzene rings is 1. The molecular weight excluding hydrogens is 272 g/mol. The Bertz CT molecular complexity index is 491. The predicted molar refractivity (Wildman–Crippen MR) is 77.6 cm³/mol. The van der Waals surface area contributed by atoms with Crippen LogP contribution in [0.5, 0.6) is 0 Å². The van der Waals surface area contributed by atoms with Gasteiger partial charge in [0.2, 0.25) is 0 Å². The first-order chi connectivity index (χ1) is 9.92. The summed E-state index contributed by atoms with van der Waals surface area (Å²) in [4.78, 5) is 23.9. The molecule has 0 amide bonds. The van der Waals surface area contributed by atoms with Gasteiger partial charge in [-0.1, -0.05) is 23.8 Å². The van der Waals surface area contributed by atoms with Gasteiger partial charge in [-0.15, -0.1) is 0 Å². The van der Waals surface area contributed by atoms with E-state index in [0.717, 1.165) is 11.1 Å². The zero-order valence-corrected chi connectivity index (χ0v) is 12.9. The molecule has 0 aliphatic heterocycles. The highest BCUT2D eigenvalue weighted by Gasteiger charge is 2.38. The Balaban J connectivity index is 3.11. The molecule has 0 aromatic heterocycles. The van der Waals surface area contributed by atoms with E-state index in [1.807, 2.05) is 26.0 Å². The average Bonchev–Trinajstić information content (AvgIpc) is 2.39. The molecule has 1 rings (SSSR count). The number of aliphatic hydroxyl groups excluding tert-OH is 1. The molecule has 0 aliphatic rings. The highest BCUT2D eigenvalue weighted by molar-refractivity contribution is 5.95. The van der Waals surface area contributed by atoms with Crippen LogP contribution < -0.4 is 0 Å². The molecule has 1 aromatic carbocycles. The van der Waals surface area contributed by atoms with Gasteiger partial charge in [-0.25, -0.2) is 0 Å². The van der Waals surface area contributed by atoms with Crippen molar-refractivity contribution in [2.24, 2.45) is 5.92 Å². The fourth-order valence-electron chi connectivity index (χ4n) is 2.16. The van der Waals surface area contributed by atoms with Gasteiger partial charge in [0.15, 0.2) is 5.92 Å². The van der Waals surface area contributed by atoms with Gasteiger partial charge in [-0.3, -0.25) is 9.59 Å². The van der Waals surface area contributed by atoms with E-state index in [9.17, 15) is 14.7 Å². The monoisotopic (exact) mass is 294 g/mol. The number of rotatable bonds is 6. The molecule has 0 spiro atoms. The van der Waals surface area contributed by atoms with Gasteiger partial charge >= 0.3 is 11.9 Å². The lowest BCUT2D eigenvalue weighted by Crippen LogP contribution is -2.33. The van der Waals surface area contributed by atoms with Gasteiger partial charge in [-0.2, -0.15) is 0 Å². The van der Waals surface area contributed by atoms with Crippen molar-refractivity contribution < 1.29 is 24.2 Å². The summed E-state index contributed by atoms with van der Waals surface area (Å²) >= 11 is 0. The van der Waals surface area contributed by atoms with Crippen LogP contribution in [-0.4, -0.2) is 30.3 Å². The van der Waals surface area contributed by atoms with Crippen LogP contribution in [0.1, 0.15) is 36.6 Å². The molecule has 21 heavy (non-hydrogen) atoms. The zero-order chi connectivity index (χ0) is 16.0. The summed E-state index contributed by atoms with van der Waals surface area (Å²) in [5.74, 6) is -2.92. The SMILES string of the molecule is CCOC(=O)C(C(=O)OCC)C(O)c1ccc(C)cc1C. The molecule has 0 saturated carbocycles. The smallest absolute Gasteiger partial charge is 0.323 e. The second kappa shape index (κ2) is 7.78. The second-order valence-electron chi connectivity index (χ2n) is 4.79. The van der Waals surface area contributed by atoms with E-state index in [0.29, 0.717) is 5.56 Å². The van der Waals surface area contributed by atoms with Crippen molar-refractivity contribution in [1.29, 1.82) is 0 Å². The second-order valence-corrected chi connectivity index (χ2v) is 4.79. The largest absolute Gasteiger partial charge is 0.465 e. The molecule has 1 N–H and O–H groups in total. The zero-order valence-electron chi connectivity index (χ0n) is 12.9. The first kappa shape index (κ1) is 17.2. The van der Waals surface area contributed by atoms with Gasteiger partial charge < -0.3 is 14.6 Å². The molecule has 0 bridgehead atoms. The van der Waals surface area contributed by atoms with Gasteiger partial charge in [-0.05, 0) is 38.8 Å². The first-order valence-corrected chi connectivity index (χ1v) is 7.00. The number of hydrogen-bond acceptors (Lipinski definition) is 5. The Labute approximate surface area is 124 Å². The van der Waals surface area contributed by atoms with E-state index in [-0.39, 0.29) is 13.2 Å². The third kappa shape index (κ3) is 4.29. The number of ether oxygens (including phenoxy) is 2. The minimum atomic E-state index is -1.37. The van der Waals surface area contributed by atoms with Crippen molar-refractivity contribution >= 4 is 11.9 Å². The Hall–Kier alpha value is -1.88. The van der Waals surface area contributed by atoms with Crippen LogP contribution in [0.2, 0.25) is 0 Å². The van der Waals surface area contributed by atoms with Crippen LogP contribution in [0.25, 0.3) is 0 Å². The molecule has 1 atom stereocenters. The molecular formula is C16H22O5. The van der Waals surface area contributed by atoms with Crippen LogP contribution in [-0.2, 0) is 19.1 Å². The summed E-state index contributed by atoms with van der Waals surface area (Å²) in [6.45, 7) is 7.30. The molecule has 0 heterocycles. The number of carbonyl (C=O) groups is 2. The van der Waals surface area contributed by atoms with E-state index < -0.39 is 24.0 Å². The number of carbonyl (C=O) groups excluding carboxylic acids is 2. The van der Waals surface area contributed by atoms with E-state index in [4.69, 9.17) is 9.47 Å². The average molecular weight is 294 g/mol. The van der Waals surface area contributed by atoms with E-state index in [1.54, 1.807) is 19.9 Å². The third-order valence-electron chi connectivity index (χ3n) is 3.14. The van der Waals surface area contributed by atoms with Crippen molar-refractivity contribution in [3.05, 3.63) is 34.9 Å². The summed E-state index contributed by atoms with van der Waals surface area (Å²) < 4.78 is 9.76. The third-order valence-corrected chi connectivity index (χ3v) is 3.14. The quantitative estimate of drug-likeness (QED) is 0.642. The summed E-state index contributed by atoms with van der Waals surface area (Å²) in [5, 5.41) is 10.4. The normalized spacial score (nSPS) is 12.1. The molecule has 0 radical (unpaired) electrons. The predicted octanol–water partition coefficient (Wildman–Crippen LogP) is 2.08. The van der Waals surface area contributed by atoms with Crippen LogP contribution in [0.4, 0.5) is 0 Å². The van der Waals surface area contributed by atoms with Gasteiger partial charge in [0.1, 0.15) is 6.10 Å². The molecule has 5 heteroatoms. The molecule has 1 unspecified atom stereocenters. The van der Waals surface area contributed by atoms with E-state index in [1.165, 1.54) is 0 Å². The van der Waals surface area contributed by atoms with Crippen molar-refractivity contribution in [2.75, 3.05) is 13.2 Å².